The number of hydrogen-bond donors (Lipinski definition) is 1. The van der Waals surface area contributed by atoms with Crippen LogP contribution in [0, 0.1) is 20.8 Å². The van der Waals surface area contributed by atoms with E-state index in [0.717, 1.165) is 31.4 Å². The van der Waals surface area contributed by atoms with Gasteiger partial charge in [-0.15, -0.1) is 0 Å². The Morgan fingerprint density at radius 1 is 0.400 bits per heavy atom. The van der Waals surface area contributed by atoms with Crippen molar-refractivity contribution in [3.8, 4) is 11.1 Å². The van der Waals surface area contributed by atoms with Gasteiger partial charge in [-0.25, -0.2) is 0 Å². The lowest BCUT2D eigenvalue weighted by Gasteiger charge is -2.14. The number of nitrogen functional groups attached to an aromatic ring is 1. The van der Waals surface area contributed by atoms with Crippen molar-refractivity contribution in [1.29, 1.82) is 0 Å². The van der Waals surface area contributed by atoms with E-state index in [0.29, 0.717) is 0 Å². The van der Waals surface area contributed by atoms with Crippen molar-refractivity contribution in [2.45, 2.75) is 46.5 Å². The standard InChI is InChI=1S/C39H37N/c1-26-4-6-29(7-5-26)8-10-31-12-16-33-24-38(27(2)20-35(33)22-31)39-25-34-17-13-32(23-36(34)21-28(39)3)11-9-30-14-18-37(40)19-15-30/h4-7,12-25H,8-11,40H2,1-3H3. The monoisotopic (exact) mass is 519 g/mol. The second-order valence-electron chi connectivity index (χ2n) is 11.4. The van der Waals surface area contributed by atoms with Crippen molar-refractivity contribution < 1.29 is 0 Å². The molecule has 2 N–H and O–H groups in total. The van der Waals surface area contributed by atoms with Gasteiger partial charge in [0.2, 0.25) is 0 Å². The molecular formula is C39H37N. The largest absolute Gasteiger partial charge is 0.399 e. The zero-order valence-electron chi connectivity index (χ0n) is 23.8. The second kappa shape index (κ2) is 11.0. The molecule has 6 aromatic carbocycles. The Bertz CT molecular complexity index is 1670. The molecule has 0 aromatic heterocycles. The quantitative estimate of drug-likeness (QED) is 0.209. The van der Waals surface area contributed by atoms with Gasteiger partial charge in [0.1, 0.15) is 0 Å². The van der Waals surface area contributed by atoms with Gasteiger partial charge in [-0.05, 0) is 137 Å². The maximum atomic E-state index is 5.84. The predicted octanol–water partition coefficient (Wildman–Crippen LogP) is 9.74. The van der Waals surface area contributed by atoms with Gasteiger partial charge >= 0.3 is 0 Å². The Balaban J connectivity index is 1.23. The first-order chi connectivity index (χ1) is 19.4. The van der Waals surface area contributed by atoms with Crippen molar-refractivity contribution in [3.05, 3.63) is 148 Å². The Labute approximate surface area is 238 Å². The zero-order chi connectivity index (χ0) is 27.6. The molecule has 0 saturated heterocycles. The smallest absolute Gasteiger partial charge is 0.0314 e. The fraction of sp³-hybridized carbons (Fsp3) is 0.179. The third-order valence-corrected chi connectivity index (χ3v) is 8.29. The summed E-state index contributed by atoms with van der Waals surface area (Å²) in [5, 5.41) is 5.24. The van der Waals surface area contributed by atoms with Crippen molar-refractivity contribution in [1.82, 2.24) is 0 Å². The fourth-order valence-electron chi connectivity index (χ4n) is 5.83. The van der Waals surface area contributed by atoms with E-state index in [2.05, 4.69) is 118 Å². The first kappa shape index (κ1) is 25.9. The zero-order valence-corrected chi connectivity index (χ0v) is 23.8. The molecule has 0 bridgehead atoms. The van der Waals surface area contributed by atoms with E-state index in [1.807, 2.05) is 12.1 Å². The van der Waals surface area contributed by atoms with Gasteiger partial charge in [-0.1, -0.05) is 90.5 Å². The van der Waals surface area contributed by atoms with Crippen LogP contribution in [0.25, 0.3) is 32.7 Å². The Kier molecular flexibility index (Phi) is 7.13. The molecule has 0 aliphatic rings. The van der Waals surface area contributed by atoms with Crippen LogP contribution in [0.15, 0.2) is 109 Å². The van der Waals surface area contributed by atoms with Crippen LogP contribution in [0.3, 0.4) is 0 Å². The Morgan fingerprint density at radius 2 is 0.800 bits per heavy atom. The Hall–Kier alpha value is -4.36. The van der Waals surface area contributed by atoms with E-state index in [-0.39, 0.29) is 0 Å². The molecule has 0 aliphatic carbocycles. The minimum absolute atomic E-state index is 0.820. The number of fused-ring (bicyclic) bond motifs is 2. The van der Waals surface area contributed by atoms with E-state index in [4.69, 9.17) is 5.73 Å². The van der Waals surface area contributed by atoms with Crippen LogP contribution in [0.4, 0.5) is 5.69 Å². The van der Waals surface area contributed by atoms with Gasteiger partial charge in [0.25, 0.3) is 0 Å². The number of aryl methyl sites for hydroxylation is 7. The highest BCUT2D eigenvalue weighted by atomic mass is 14.5. The maximum absolute atomic E-state index is 5.84. The lowest BCUT2D eigenvalue weighted by atomic mass is 9.90. The first-order valence-corrected chi connectivity index (χ1v) is 14.4. The molecule has 1 heteroatoms. The minimum atomic E-state index is 0.820. The summed E-state index contributed by atoms with van der Waals surface area (Å²) in [6.45, 7) is 6.63. The number of nitrogens with two attached hydrogens (primary N) is 1. The summed E-state index contributed by atoms with van der Waals surface area (Å²) in [6, 6.07) is 40.5. The highest BCUT2D eigenvalue weighted by Crippen LogP contribution is 2.34. The van der Waals surface area contributed by atoms with Gasteiger partial charge in [0, 0.05) is 5.69 Å². The van der Waals surface area contributed by atoms with Gasteiger partial charge < -0.3 is 5.73 Å². The summed E-state index contributed by atoms with van der Waals surface area (Å²) >= 11 is 0. The lowest BCUT2D eigenvalue weighted by Crippen LogP contribution is -1.94. The summed E-state index contributed by atoms with van der Waals surface area (Å²) < 4.78 is 0. The van der Waals surface area contributed by atoms with Crippen LogP contribution in [0.1, 0.15) is 38.9 Å². The molecular weight excluding hydrogens is 482 g/mol. The van der Waals surface area contributed by atoms with Crippen LogP contribution < -0.4 is 5.73 Å². The summed E-state index contributed by atoms with van der Waals surface area (Å²) in [6.07, 6.45) is 4.18. The second-order valence-corrected chi connectivity index (χ2v) is 11.4. The predicted molar refractivity (Wildman–Crippen MR) is 173 cm³/mol. The van der Waals surface area contributed by atoms with E-state index >= 15 is 0 Å². The molecule has 40 heavy (non-hydrogen) atoms. The van der Waals surface area contributed by atoms with Crippen molar-refractivity contribution in [2.24, 2.45) is 0 Å². The van der Waals surface area contributed by atoms with Crippen molar-refractivity contribution in [3.63, 3.8) is 0 Å². The molecule has 0 saturated carbocycles. The molecule has 0 unspecified atom stereocenters. The third kappa shape index (κ3) is 5.65. The molecule has 0 amide bonds. The number of anilines is 1. The van der Waals surface area contributed by atoms with E-state index in [1.54, 1.807) is 0 Å². The van der Waals surface area contributed by atoms with Crippen LogP contribution in [-0.2, 0) is 25.7 Å². The fourth-order valence-corrected chi connectivity index (χ4v) is 5.83. The summed E-state index contributed by atoms with van der Waals surface area (Å²) in [4.78, 5) is 0. The molecule has 6 rings (SSSR count). The van der Waals surface area contributed by atoms with E-state index in [1.165, 1.54) is 71.6 Å². The Morgan fingerprint density at radius 3 is 1.27 bits per heavy atom. The molecule has 0 spiro atoms. The van der Waals surface area contributed by atoms with Gasteiger partial charge in [0.05, 0.1) is 0 Å². The van der Waals surface area contributed by atoms with Crippen LogP contribution >= 0.6 is 0 Å². The number of hydrogen-bond acceptors (Lipinski definition) is 1. The van der Waals surface area contributed by atoms with Crippen LogP contribution in [0.5, 0.6) is 0 Å². The molecule has 1 nitrogen and oxygen atoms in total. The topological polar surface area (TPSA) is 26.0 Å². The van der Waals surface area contributed by atoms with Gasteiger partial charge in [-0.2, -0.15) is 0 Å². The molecule has 0 aliphatic heterocycles. The van der Waals surface area contributed by atoms with Gasteiger partial charge in [-0.3, -0.25) is 0 Å². The summed E-state index contributed by atoms with van der Waals surface area (Å²) in [7, 11) is 0. The average molecular weight is 520 g/mol. The SMILES string of the molecule is Cc1ccc(CCc2ccc3cc(-c4cc5ccc(CCc6ccc(N)cc6)cc5cc4C)c(C)cc3c2)cc1. The van der Waals surface area contributed by atoms with E-state index < -0.39 is 0 Å². The van der Waals surface area contributed by atoms with Crippen molar-refractivity contribution >= 4 is 27.2 Å². The highest BCUT2D eigenvalue weighted by Gasteiger charge is 2.10. The van der Waals surface area contributed by atoms with Gasteiger partial charge in [0.15, 0.2) is 0 Å². The molecule has 0 atom stereocenters. The molecule has 198 valence electrons. The van der Waals surface area contributed by atoms with Crippen molar-refractivity contribution in [2.75, 3.05) is 5.73 Å². The first-order valence-electron chi connectivity index (χ1n) is 14.4. The third-order valence-electron chi connectivity index (χ3n) is 8.29. The summed E-state index contributed by atoms with van der Waals surface area (Å²) in [5.74, 6) is 0. The molecule has 0 heterocycles. The average Bonchev–Trinajstić information content (AvgIpc) is 2.96. The van der Waals surface area contributed by atoms with Crippen LogP contribution in [0.2, 0.25) is 0 Å². The number of rotatable bonds is 7. The van der Waals surface area contributed by atoms with Crippen LogP contribution in [-0.4, -0.2) is 0 Å². The highest BCUT2D eigenvalue weighted by molar-refractivity contribution is 5.94. The number of benzene rings is 6. The molecule has 0 fully saturated rings. The normalized spacial score (nSPS) is 11.4. The molecule has 6 aromatic rings. The lowest BCUT2D eigenvalue weighted by molar-refractivity contribution is 0.961. The minimum Gasteiger partial charge on any atom is -0.399 e. The summed E-state index contributed by atoms with van der Waals surface area (Å²) in [5.41, 5.74) is 18.8. The maximum Gasteiger partial charge on any atom is 0.0314 e. The molecule has 0 radical (unpaired) electrons. The van der Waals surface area contributed by atoms with E-state index in [9.17, 15) is 0 Å².